The highest BCUT2D eigenvalue weighted by molar-refractivity contribution is 7.22. The number of rotatable bonds is 2. The second-order valence-electron chi connectivity index (χ2n) is 7.83. The van der Waals surface area contributed by atoms with Crippen molar-refractivity contribution in [2.45, 2.75) is 13.8 Å². The van der Waals surface area contributed by atoms with E-state index in [-0.39, 0.29) is 17.1 Å². The smallest absolute Gasteiger partial charge is 0.197 e. The van der Waals surface area contributed by atoms with Gasteiger partial charge in [0.15, 0.2) is 11.6 Å². The van der Waals surface area contributed by atoms with Crippen molar-refractivity contribution in [2.24, 2.45) is 0 Å². The van der Waals surface area contributed by atoms with E-state index in [2.05, 4.69) is 18.2 Å². The van der Waals surface area contributed by atoms with E-state index < -0.39 is 0 Å². The Morgan fingerprint density at radius 1 is 0.806 bits per heavy atom. The number of carbonyl (C=O) groups is 2. The number of ketones is 2. The van der Waals surface area contributed by atoms with E-state index in [9.17, 15) is 9.59 Å². The van der Waals surface area contributed by atoms with Crippen LogP contribution in [-0.4, -0.2) is 11.6 Å². The van der Waals surface area contributed by atoms with Crippen molar-refractivity contribution in [1.29, 1.82) is 0 Å². The number of furan rings is 1. The van der Waals surface area contributed by atoms with Crippen molar-refractivity contribution in [3.63, 3.8) is 0 Å². The average Bonchev–Trinajstić information content (AvgIpc) is 3.48. The summed E-state index contributed by atoms with van der Waals surface area (Å²) in [4.78, 5) is 27.6. The van der Waals surface area contributed by atoms with Gasteiger partial charge in [0.1, 0.15) is 11.3 Å². The van der Waals surface area contributed by atoms with Crippen LogP contribution in [0.2, 0.25) is 0 Å². The molecule has 5 aromatic rings. The molecule has 3 heterocycles. The quantitative estimate of drug-likeness (QED) is 0.211. The number of Topliss-reactive ketones (excluding diaryl/α,β-unsaturated/α-hetero) is 2. The Hall–Kier alpha value is -3.28. The van der Waals surface area contributed by atoms with E-state index in [1.807, 2.05) is 50.2 Å². The van der Waals surface area contributed by atoms with E-state index >= 15 is 0 Å². The number of thiophene rings is 2. The van der Waals surface area contributed by atoms with Gasteiger partial charge in [0, 0.05) is 26.8 Å². The third-order valence-corrected chi connectivity index (χ3v) is 7.93. The molecule has 0 unspecified atom stereocenters. The normalized spacial score (nSPS) is 13.5. The molecule has 0 spiro atoms. The van der Waals surface area contributed by atoms with Gasteiger partial charge in [0.05, 0.1) is 15.2 Å². The fraction of sp³-hybridized carbons (Fsp3) is 0.0769. The highest BCUT2D eigenvalue weighted by Gasteiger charge is 2.33. The first-order valence-corrected chi connectivity index (χ1v) is 11.6. The summed E-state index contributed by atoms with van der Waals surface area (Å²) >= 11 is 3.23. The van der Waals surface area contributed by atoms with Gasteiger partial charge in [-0.25, -0.2) is 0 Å². The van der Waals surface area contributed by atoms with Crippen molar-refractivity contribution in [3.8, 4) is 10.6 Å². The molecule has 150 valence electrons. The Morgan fingerprint density at radius 3 is 2.19 bits per heavy atom. The number of benzene rings is 2. The first-order chi connectivity index (χ1) is 15.0. The van der Waals surface area contributed by atoms with Crippen LogP contribution in [-0.2, 0) is 0 Å². The molecule has 0 saturated heterocycles. The van der Waals surface area contributed by atoms with Crippen LogP contribution in [0.4, 0.5) is 0 Å². The first-order valence-electron chi connectivity index (χ1n) is 9.92. The molecular formula is C26H16O3S2. The fourth-order valence-electron chi connectivity index (χ4n) is 4.01. The van der Waals surface area contributed by atoms with Crippen molar-refractivity contribution < 1.29 is 14.0 Å². The molecule has 0 amide bonds. The van der Waals surface area contributed by atoms with Crippen LogP contribution in [0, 0.1) is 13.8 Å². The zero-order valence-corrected chi connectivity index (χ0v) is 18.4. The van der Waals surface area contributed by atoms with E-state index in [1.54, 1.807) is 17.4 Å². The fourth-order valence-corrected chi connectivity index (χ4v) is 5.99. The van der Waals surface area contributed by atoms with E-state index in [4.69, 9.17) is 4.42 Å². The van der Waals surface area contributed by atoms with Gasteiger partial charge < -0.3 is 4.42 Å². The summed E-state index contributed by atoms with van der Waals surface area (Å²) in [7, 11) is 0. The Labute approximate surface area is 186 Å². The SMILES string of the molecule is Cc1cc2c(cc1C)C(=O)C(=Cc1cc3oc(-c4cc5ccccc5s4)cc3s1)C2=O. The molecule has 3 nitrogen and oxygen atoms in total. The number of aryl methyl sites for hydroxylation is 2. The maximum Gasteiger partial charge on any atom is 0.197 e. The second kappa shape index (κ2) is 6.61. The summed E-state index contributed by atoms with van der Waals surface area (Å²) in [6, 6.07) is 18.0. The van der Waals surface area contributed by atoms with Crippen molar-refractivity contribution in [2.75, 3.05) is 0 Å². The maximum atomic E-state index is 12.8. The third kappa shape index (κ3) is 2.85. The summed E-state index contributed by atoms with van der Waals surface area (Å²) in [5.41, 5.74) is 4.05. The predicted molar refractivity (Wildman–Crippen MR) is 127 cm³/mol. The third-order valence-electron chi connectivity index (χ3n) is 5.79. The van der Waals surface area contributed by atoms with Crippen LogP contribution in [0.15, 0.2) is 64.6 Å². The number of allylic oxidation sites excluding steroid dienone is 1. The molecule has 2 aromatic carbocycles. The van der Waals surface area contributed by atoms with Gasteiger partial charge in [0.2, 0.25) is 0 Å². The number of hydrogen-bond donors (Lipinski definition) is 0. The maximum absolute atomic E-state index is 12.8. The van der Waals surface area contributed by atoms with Crippen LogP contribution in [0.25, 0.3) is 37.1 Å². The van der Waals surface area contributed by atoms with Crippen LogP contribution in [0.3, 0.4) is 0 Å². The summed E-state index contributed by atoms with van der Waals surface area (Å²) in [5, 5.41) is 1.20. The Balaban J connectivity index is 1.37. The van der Waals surface area contributed by atoms with Gasteiger partial charge in [-0.1, -0.05) is 18.2 Å². The summed E-state index contributed by atoms with van der Waals surface area (Å²) in [6.07, 6.45) is 1.70. The highest BCUT2D eigenvalue weighted by atomic mass is 32.1. The minimum atomic E-state index is -0.195. The van der Waals surface area contributed by atoms with E-state index in [0.29, 0.717) is 11.1 Å². The van der Waals surface area contributed by atoms with Crippen LogP contribution in [0.1, 0.15) is 36.7 Å². The van der Waals surface area contributed by atoms with Crippen LogP contribution in [0.5, 0.6) is 0 Å². The molecule has 0 N–H and O–H groups in total. The Morgan fingerprint density at radius 2 is 1.52 bits per heavy atom. The molecule has 0 fully saturated rings. The molecule has 1 aliphatic rings. The average molecular weight is 441 g/mol. The monoisotopic (exact) mass is 440 g/mol. The van der Waals surface area contributed by atoms with Gasteiger partial charge in [-0.05, 0) is 66.8 Å². The number of fused-ring (bicyclic) bond motifs is 3. The first kappa shape index (κ1) is 18.5. The van der Waals surface area contributed by atoms with Crippen molar-refractivity contribution >= 4 is 60.7 Å². The zero-order valence-electron chi connectivity index (χ0n) is 16.8. The largest absolute Gasteiger partial charge is 0.454 e. The summed E-state index contributed by atoms with van der Waals surface area (Å²) < 4.78 is 8.33. The molecule has 3 aromatic heterocycles. The number of hydrogen-bond acceptors (Lipinski definition) is 5. The van der Waals surface area contributed by atoms with Gasteiger partial charge in [-0.3, -0.25) is 9.59 Å². The molecular weight excluding hydrogens is 424 g/mol. The summed E-state index contributed by atoms with van der Waals surface area (Å²) in [6.45, 7) is 3.91. The van der Waals surface area contributed by atoms with E-state index in [0.717, 1.165) is 36.9 Å². The summed E-state index contributed by atoms with van der Waals surface area (Å²) in [5.74, 6) is 0.450. The predicted octanol–water partition coefficient (Wildman–Crippen LogP) is 7.46. The number of carbonyl (C=O) groups excluding carboxylic acids is 2. The standard InChI is InChI=1S/C26H16O3S2/c1-13-7-17-18(8-14(13)2)26(28)19(25(17)27)10-16-11-20-24(30-16)12-21(29-20)23-9-15-5-3-4-6-22(15)31-23/h3-12H,1-2H3. The van der Waals surface area contributed by atoms with Crippen molar-refractivity contribution in [1.82, 2.24) is 0 Å². The highest BCUT2D eigenvalue weighted by Crippen LogP contribution is 2.40. The minimum absolute atomic E-state index is 0.195. The topological polar surface area (TPSA) is 47.3 Å². The Kier molecular flexibility index (Phi) is 3.94. The lowest BCUT2D eigenvalue weighted by atomic mass is 10.0. The van der Waals surface area contributed by atoms with Gasteiger partial charge in [0.25, 0.3) is 0 Å². The second-order valence-corrected chi connectivity index (χ2v) is 10.0. The van der Waals surface area contributed by atoms with Crippen LogP contribution < -0.4 is 0 Å². The minimum Gasteiger partial charge on any atom is -0.454 e. The molecule has 0 radical (unpaired) electrons. The molecule has 1 aliphatic carbocycles. The zero-order chi connectivity index (χ0) is 21.3. The van der Waals surface area contributed by atoms with Gasteiger partial charge in [-0.15, -0.1) is 22.7 Å². The molecule has 0 bridgehead atoms. The molecule has 5 heteroatoms. The van der Waals surface area contributed by atoms with E-state index in [1.165, 1.54) is 21.4 Å². The lowest BCUT2D eigenvalue weighted by molar-refractivity contribution is 0.0990. The van der Waals surface area contributed by atoms with Gasteiger partial charge >= 0.3 is 0 Å². The molecule has 0 atom stereocenters. The van der Waals surface area contributed by atoms with Crippen LogP contribution >= 0.6 is 22.7 Å². The molecule has 0 saturated carbocycles. The van der Waals surface area contributed by atoms with Gasteiger partial charge in [-0.2, -0.15) is 0 Å². The van der Waals surface area contributed by atoms with Crippen molar-refractivity contribution in [3.05, 3.63) is 87.3 Å². The molecule has 6 rings (SSSR count). The molecule has 31 heavy (non-hydrogen) atoms. The lowest BCUT2D eigenvalue weighted by Crippen LogP contribution is -1.99. The molecule has 0 aliphatic heterocycles. The lowest BCUT2D eigenvalue weighted by Gasteiger charge is -2.01. The Bertz CT molecular complexity index is 1480.